The van der Waals surface area contributed by atoms with Gasteiger partial charge in [-0.05, 0) is 56.6 Å². The first kappa shape index (κ1) is 13.4. The summed E-state index contributed by atoms with van der Waals surface area (Å²) in [5.41, 5.74) is 1.42. The van der Waals surface area contributed by atoms with Crippen molar-refractivity contribution in [3.8, 4) is 0 Å². The zero-order valence-corrected chi connectivity index (χ0v) is 12.7. The van der Waals surface area contributed by atoms with Crippen LogP contribution in [0.25, 0.3) is 0 Å². The minimum atomic E-state index is 0.213. The van der Waals surface area contributed by atoms with E-state index in [4.69, 9.17) is 11.6 Å². The van der Waals surface area contributed by atoms with Crippen LogP contribution in [0, 0.1) is 0 Å². The van der Waals surface area contributed by atoms with E-state index in [9.17, 15) is 4.79 Å². The fourth-order valence-electron chi connectivity index (χ4n) is 3.17. The van der Waals surface area contributed by atoms with Gasteiger partial charge in [0.2, 0.25) is 0 Å². The maximum atomic E-state index is 12.7. The maximum absolute atomic E-state index is 12.7. The summed E-state index contributed by atoms with van der Waals surface area (Å²) in [4.78, 5) is 17.0. The van der Waals surface area contributed by atoms with Crippen molar-refractivity contribution in [2.45, 2.75) is 51.0 Å². The molecule has 2 aliphatic rings. The first-order valence-corrected chi connectivity index (χ1v) is 8.63. The molecule has 2 heterocycles. The minimum Gasteiger partial charge on any atom is -0.334 e. The lowest BCUT2D eigenvalue weighted by Crippen LogP contribution is -2.44. The molecule has 1 amide bonds. The molecule has 2 nitrogen and oxygen atoms in total. The number of carbonyl (C=O) groups is 1. The molecule has 1 aliphatic heterocycles. The fourth-order valence-corrected chi connectivity index (χ4v) is 4.70. The first-order chi connectivity index (χ1) is 9.29. The summed E-state index contributed by atoms with van der Waals surface area (Å²) in [5, 5.41) is 0. The van der Waals surface area contributed by atoms with Crippen LogP contribution < -0.4 is 0 Å². The van der Waals surface area contributed by atoms with Crippen LogP contribution in [0.1, 0.15) is 52.2 Å². The molecule has 0 radical (unpaired) electrons. The largest absolute Gasteiger partial charge is 0.334 e. The number of halogens is 1. The molecule has 19 heavy (non-hydrogen) atoms. The van der Waals surface area contributed by atoms with E-state index in [-0.39, 0.29) is 11.9 Å². The summed E-state index contributed by atoms with van der Waals surface area (Å²) in [7, 11) is 0. The van der Waals surface area contributed by atoms with Crippen molar-refractivity contribution in [1.82, 2.24) is 4.90 Å². The van der Waals surface area contributed by atoms with Crippen LogP contribution in [-0.2, 0) is 12.8 Å². The Hall–Kier alpha value is -0.540. The predicted molar refractivity (Wildman–Crippen MR) is 80.4 cm³/mol. The van der Waals surface area contributed by atoms with Crippen molar-refractivity contribution in [2.75, 3.05) is 12.4 Å². The van der Waals surface area contributed by atoms with Crippen molar-refractivity contribution in [3.05, 3.63) is 21.4 Å². The molecular weight excluding hydrogens is 278 g/mol. The highest BCUT2D eigenvalue weighted by Crippen LogP contribution is 2.31. The summed E-state index contributed by atoms with van der Waals surface area (Å²) in [6.07, 6.45) is 8.22. The van der Waals surface area contributed by atoms with Crippen LogP contribution in [0.4, 0.5) is 0 Å². The number of aryl methyl sites for hydroxylation is 2. The molecule has 0 N–H and O–H groups in total. The standard InChI is InChI=1S/C15H20ClNOS/c16-10-12-6-3-4-8-17(12)15(18)14-9-11-5-1-2-7-13(11)19-14/h9,12H,1-8,10H2. The Morgan fingerprint density at radius 1 is 1.32 bits per heavy atom. The van der Waals surface area contributed by atoms with Gasteiger partial charge in [-0.3, -0.25) is 4.79 Å². The van der Waals surface area contributed by atoms with Gasteiger partial charge >= 0.3 is 0 Å². The van der Waals surface area contributed by atoms with E-state index in [0.29, 0.717) is 5.88 Å². The van der Waals surface area contributed by atoms with E-state index in [1.54, 1.807) is 11.3 Å². The number of piperidine rings is 1. The second-order valence-corrected chi connectivity index (χ2v) is 7.01. The molecule has 1 aromatic heterocycles. The molecule has 1 unspecified atom stereocenters. The molecule has 1 aliphatic carbocycles. The number of amides is 1. The summed E-state index contributed by atoms with van der Waals surface area (Å²) in [6, 6.07) is 2.38. The van der Waals surface area contributed by atoms with Gasteiger partial charge in [0.25, 0.3) is 5.91 Å². The number of likely N-dealkylation sites (tertiary alicyclic amines) is 1. The molecule has 1 atom stereocenters. The van der Waals surface area contributed by atoms with E-state index in [1.807, 2.05) is 4.90 Å². The second kappa shape index (κ2) is 5.84. The number of fused-ring (bicyclic) bond motifs is 1. The minimum absolute atomic E-state index is 0.213. The molecule has 0 bridgehead atoms. The average molecular weight is 298 g/mol. The van der Waals surface area contributed by atoms with Crippen LogP contribution in [0.5, 0.6) is 0 Å². The monoisotopic (exact) mass is 297 g/mol. The molecule has 1 fully saturated rings. The average Bonchev–Trinajstić information content (AvgIpc) is 2.90. The topological polar surface area (TPSA) is 20.3 Å². The molecule has 0 saturated carbocycles. The van der Waals surface area contributed by atoms with Gasteiger partial charge in [0.15, 0.2) is 0 Å². The zero-order chi connectivity index (χ0) is 13.2. The molecule has 4 heteroatoms. The Labute approximate surface area is 123 Å². The Balaban J connectivity index is 1.80. The Kier molecular flexibility index (Phi) is 4.13. The molecule has 0 spiro atoms. The number of nitrogens with zero attached hydrogens (tertiary/aromatic N) is 1. The Morgan fingerprint density at radius 3 is 2.95 bits per heavy atom. The number of rotatable bonds is 2. The molecule has 3 rings (SSSR count). The molecular formula is C15H20ClNOS. The number of alkyl halides is 1. The predicted octanol–water partition coefficient (Wildman–Crippen LogP) is 3.86. The maximum Gasteiger partial charge on any atom is 0.264 e. The van der Waals surface area contributed by atoms with E-state index in [1.165, 1.54) is 29.7 Å². The molecule has 104 valence electrons. The van der Waals surface area contributed by atoms with E-state index >= 15 is 0 Å². The normalized spacial score (nSPS) is 23.2. The first-order valence-electron chi connectivity index (χ1n) is 7.28. The lowest BCUT2D eigenvalue weighted by Gasteiger charge is -2.34. The highest BCUT2D eigenvalue weighted by Gasteiger charge is 2.28. The summed E-state index contributed by atoms with van der Waals surface area (Å²) >= 11 is 7.73. The van der Waals surface area contributed by atoms with Gasteiger partial charge in [0.1, 0.15) is 0 Å². The smallest absolute Gasteiger partial charge is 0.264 e. The van der Waals surface area contributed by atoms with Crippen molar-refractivity contribution < 1.29 is 4.79 Å². The number of carbonyl (C=O) groups excluding carboxylic acids is 1. The van der Waals surface area contributed by atoms with Gasteiger partial charge in [-0.2, -0.15) is 0 Å². The lowest BCUT2D eigenvalue weighted by atomic mass is 9.99. The van der Waals surface area contributed by atoms with Gasteiger partial charge in [0.05, 0.1) is 4.88 Å². The third-order valence-electron chi connectivity index (χ3n) is 4.27. The van der Waals surface area contributed by atoms with Crippen LogP contribution in [0.15, 0.2) is 6.07 Å². The Bertz CT molecular complexity index is 447. The van der Waals surface area contributed by atoms with Gasteiger partial charge in [-0.1, -0.05) is 0 Å². The van der Waals surface area contributed by atoms with Gasteiger partial charge in [-0.15, -0.1) is 22.9 Å². The van der Waals surface area contributed by atoms with Crippen molar-refractivity contribution in [2.24, 2.45) is 0 Å². The van der Waals surface area contributed by atoms with Crippen molar-refractivity contribution in [1.29, 1.82) is 0 Å². The highest BCUT2D eigenvalue weighted by atomic mass is 35.5. The number of thiophene rings is 1. The summed E-state index contributed by atoms with van der Waals surface area (Å²) in [5.74, 6) is 0.779. The van der Waals surface area contributed by atoms with Gasteiger partial charge < -0.3 is 4.90 Å². The van der Waals surface area contributed by atoms with E-state index < -0.39 is 0 Å². The summed E-state index contributed by atoms with van der Waals surface area (Å²) < 4.78 is 0. The van der Waals surface area contributed by atoms with Crippen LogP contribution >= 0.6 is 22.9 Å². The number of hydrogen-bond acceptors (Lipinski definition) is 2. The second-order valence-electron chi connectivity index (χ2n) is 5.57. The molecule has 0 aromatic carbocycles. The van der Waals surface area contributed by atoms with Crippen LogP contribution in [0.3, 0.4) is 0 Å². The van der Waals surface area contributed by atoms with E-state index in [0.717, 1.165) is 37.1 Å². The molecule has 1 saturated heterocycles. The SMILES string of the molecule is O=C(c1cc2c(s1)CCCC2)N1CCCCC1CCl. The molecule has 1 aromatic rings. The zero-order valence-electron chi connectivity index (χ0n) is 11.2. The van der Waals surface area contributed by atoms with Crippen molar-refractivity contribution >= 4 is 28.8 Å². The summed E-state index contributed by atoms with van der Waals surface area (Å²) in [6.45, 7) is 0.874. The third-order valence-corrected chi connectivity index (χ3v) is 5.85. The Morgan fingerprint density at radius 2 is 2.16 bits per heavy atom. The quantitative estimate of drug-likeness (QED) is 0.759. The third kappa shape index (κ3) is 2.68. The van der Waals surface area contributed by atoms with E-state index in [2.05, 4.69) is 6.07 Å². The number of hydrogen-bond donors (Lipinski definition) is 0. The fraction of sp³-hybridized carbons (Fsp3) is 0.667. The van der Waals surface area contributed by atoms with Crippen LogP contribution in [-0.4, -0.2) is 29.3 Å². The van der Waals surface area contributed by atoms with Gasteiger partial charge in [0, 0.05) is 23.3 Å². The van der Waals surface area contributed by atoms with Crippen LogP contribution in [0.2, 0.25) is 0 Å². The van der Waals surface area contributed by atoms with Gasteiger partial charge in [-0.25, -0.2) is 0 Å². The van der Waals surface area contributed by atoms with Crippen molar-refractivity contribution in [3.63, 3.8) is 0 Å². The lowest BCUT2D eigenvalue weighted by molar-refractivity contribution is 0.0644. The highest BCUT2D eigenvalue weighted by molar-refractivity contribution is 7.14.